The largest absolute Gasteiger partial charge is 0.502 e. The molecule has 0 unspecified atom stereocenters. The average molecular weight is 228 g/mol. The molecule has 1 aromatic carbocycles. The van der Waals surface area contributed by atoms with Crippen molar-refractivity contribution in [2.75, 3.05) is 14.2 Å². The van der Waals surface area contributed by atoms with Gasteiger partial charge in [-0.2, -0.15) is 0 Å². The molecule has 2 atom stereocenters. The van der Waals surface area contributed by atoms with Gasteiger partial charge in [0.15, 0.2) is 11.5 Å². The van der Waals surface area contributed by atoms with Gasteiger partial charge in [-0.05, 0) is 24.6 Å². The number of benzene rings is 1. The number of hydrogen-bond acceptors (Lipinski definition) is 5. The minimum Gasteiger partial charge on any atom is -0.502 e. The molecule has 0 aliphatic carbocycles. The van der Waals surface area contributed by atoms with E-state index in [4.69, 9.17) is 9.47 Å². The minimum atomic E-state index is -1.05. The van der Waals surface area contributed by atoms with Crippen molar-refractivity contribution in [3.8, 4) is 17.2 Å². The Bertz CT molecular complexity index is 336. The molecule has 1 rings (SSSR count). The van der Waals surface area contributed by atoms with Crippen molar-refractivity contribution in [3.63, 3.8) is 0 Å². The Balaban J connectivity index is 3.21. The molecule has 0 radical (unpaired) electrons. The highest BCUT2D eigenvalue weighted by atomic mass is 16.5. The van der Waals surface area contributed by atoms with Crippen molar-refractivity contribution >= 4 is 0 Å². The maximum Gasteiger partial charge on any atom is 0.200 e. The topological polar surface area (TPSA) is 79.2 Å². The number of hydrogen-bond donors (Lipinski definition) is 3. The van der Waals surface area contributed by atoms with Crippen LogP contribution < -0.4 is 9.47 Å². The number of rotatable bonds is 4. The molecule has 0 heterocycles. The summed E-state index contributed by atoms with van der Waals surface area (Å²) in [7, 11) is 2.79. The molecule has 5 heteroatoms. The lowest BCUT2D eigenvalue weighted by molar-refractivity contribution is 0.0302. The Morgan fingerprint density at radius 3 is 1.81 bits per heavy atom. The first-order valence-electron chi connectivity index (χ1n) is 4.82. The molecule has 90 valence electrons. The predicted octanol–water partition coefficient (Wildman–Crippen LogP) is 0.824. The Kier molecular flexibility index (Phi) is 3.98. The zero-order chi connectivity index (χ0) is 12.3. The monoisotopic (exact) mass is 228 g/mol. The van der Waals surface area contributed by atoms with Gasteiger partial charge in [0, 0.05) is 0 Å². The quantitative estimate of drug-likeness (QED) is 0.711. The van der Waals surface area contributed by atoms with Gasteiger partial charge >= 0.3 is 0 Å². The molecule has 0 spiro atoms. The third-order valence-electron chi connectivity index (χ3n) is 2.30. The number of aromatic hydroxyl groups is 1. The second kappa shape index (κ2) is 5.05. The smallest absolute Gasteiger partial charge is 0.200 e. The maximum atomic E-state index is 9.69. The Morgan fingerprint density at radius 1 is 1.06 bits per heavy atom. The summed E-state index contributed by atoms with van der Waals surface area (Å²) in [5.74, 6) is 0.245. The fraction of sp³-hybridized carbons (Fsp3) is 0.455. The van der Waals surface area contributed by atoms with Crippen LogP contribution in [0, 0.1) is 0 Å². The summed E-state index contributed by atoms with van der Waals surface area (Å²) in [6, 6.07) is 2.91. The van der Waals surface area contributed by atoms with E-state index in [0.29, 0.717) is 5.56 Å². The van der Waals surface area contributed by atoms with Gasteiger partial charge in [-0.3, -0.25) is 0 Å². The van der Waals surface area contributed by atoms with Gasteiger partial charge in [0.1, 0.15) is 6.10 Å². The predicted molar refractivity (Wildman–Crippen MR) is 57.9 cm³/mol. The summed E-state index contributed by atoms with van der Waals surface area (Å²) in [6.07, 6.45) is -1.97. The molecule has 0 bridgehead atoms. The van der Waals surface area contributed by atoms with E-state index >= 15 is 0 Å². The van der Waals surface area contributed by atoms with Crippen LogP contribution in [0.5, 0.6) is 17.2 Å². The molecule has 0 aromatic heterocycles. The van der Waals surface area contributed by atoms with Gasteiger partial charge in [-0.15, -0.1) is 0 Å². The normalized spacial score (nSPS) is 14.3. The highest BCUT2D eigenvalue weighted by Gasteiger charge is 2.19. The van der Waals surface area contributed by atoms with Gasteiger partial charge in [0.25, 0.3) is 0 Å². The van der Waals surface area contributed by atoms with Crippen molar-refractivity contribution in [1.29, 1.82) is 0 Å². The van der Waals surface area contributed by atoms with E-state index in [0.717, 1.165) is 0 Å². The molecule has 3 N–H and O–H groups in total. The van der Waals surface area contributed by atoms with Gasteiger partial charge in [-0.25, -0.2) is 0 Å². The highest BCUT2D eigenvalue weighted by molar-refractivity contribution is 5.53. The molecular weight excluding hydrogens is 212 g/mol. The van der Waals surface area contributed by atoms with Crippen LogP contribution in [0.25, 0.3) is 0 Å². The van der Waals surface area contributed by atoms with Crippen molar-refractivity contribution in [2.24, 2.45) is 0 Å². The zero-order valence-electron chi connectivity index (χ0n) is 9.47. The molecule has 0 saturated heterocycles. The highest BCUT2D eigenvalue weighted by Crippen LogP contribution is 2.39. The van der Waals surface area contributed by atoms with Crippen molar-refractivity contribution in [3.05, 3.63) is 17.7 Å². The van der Waals surface area contributed by atoms with Crippen LogP contribution in [0.3, 0.4) is 0 Å². The van der Waals surface area contributed by atoms with Gasteiger partial charge in [0.05, 0.1) is 20.3 Å². The number of aliphatic hydroxyl groups is 2. The Labute approximate surface area is 93.9 Å². The van der Waals surface area contributed by atoms with E-state index in [1.54, 1.807) is 0 Å². The van der Waals surface area contributed by atoms with E-state index in [1.807, 2.05) is 0 Å². The molecule has 0 fully saturated rings. The molecule has 1 aromatic rings. The van der Waals surface area contributed by atoms with E-state index in [2.05, 4.69) is 0 Å². The number of phenolic OH excluding ortho intramolecular Hbond substituents is 1. The van der Waals surface area contributed by atoms with E-state index < -0.39 is 12.2 Å². The van der Waals surface area contributed by atoms with Crippen LogP contribution in [0.15, 0.2) is 12.1 Å². The molecule has 5 nitrogen and oxygen atoms in total. The summed E-state index contributed by atoms with van der Waals surface area (Å²) >= 11 is 0. The van der Waals surface area contributed by atoms with E-state index in [9.17, 15) is 15.3 Å². The molecular formula is C11H16O5. The zero-order valence-corrected chi connectivity index (χ0v) is 9.47. The summed E-state index contributed by atoms with van der Waals surface area (Å²) in [6.45, 7) is 1.47. The first-order valence-corrected chi connectivity index (χ1v) is 4.82. The van der Waals surface area contributed by atoms with Crippen LogP contribution in [-0.4, -0.2) is 35.6 Å². The summed E-state index contributed by atoms with van der Waals surface area (Å²) < 4.78 is 9.87. The van der Waals surface area contributed by atoms with Crippen LogP contribution in [-0.2, 0) is 0 Å². The van der Waals surface area contributed by atoms with E-state index in [1.165, 1.54) is 33.3 Å². The lowest BCUT2D eigenvalue weighted by atomic mass is 10.0. The fourth-order valence-corrected chi connectivity index (χ4v) is 1.36. The van der Waals surface area contributed by atoms with Gasteiger partial charge in [0.2, 0.25) is 5.75 Å². The van der Waals surface area contributed by atoms with Gasteiger partial charge < -0.3 is 24.8 Å². The number of methoxy groups -OCH3 is 2. The second-order valence-electron chi connectivity index (χ2n) is 3.46. The first-order chi connectivity index (χ1) is 7.51. The van der Waals surface area contributed by atoms with Crippen LogP contribution in [0.2, 0.25) is 0 Å². The number of aliphatic hydroxyl groups excluding tert-OH is 2. The SMILES string of the molecule is COc1cc([C@H](O)[C@H](C)O)cc(OC)c1O. The molecule has 0 amide bonds. The van der Waals surface area contributed by atoms with Crippen molar-refractivity contribution < 1.29 is 24.8 Å². The summed E-state index contributed by atoms with van der Waals surface area (Å²) in [5.41, 5.74) is 0.418. The van der Waals surface area contributed by atoms with Crippen LogP contribution in [0.4, 0.5) is 0 Å². The maximum absolute atomic E-state index is 9.69. The Morgan fingerprint density at radius 2 is 1.50 bits per heavy atom. The number of phenols is 1. The minimum absolute atomic E-state index is 0.133. The first kappa shape index (κ1) is 12.6. The third kappa shape index (κ3) is 2.37. The number of ether oxygens (including phenoxy) is 2. The second-order valence-corrected chi connectivity index (χ2v) is 3.46. The molecule has 0 aliphatic rings. The van der Waals surface area contributed by atoms with Crippen LogP contribution >= 0.6 is 0 Å². The average Bonchev–Trinajstić information content (AvgIpc) is 2.28. The molecule has 0 saturated carbocycles. The van der Waals surface area contributed by atoms with Crippen LogP contribution in [0.1, 0.15) is 18.6 Å². The lowest BCUT2D eigenvalue weighted by Crippen LogP contribution is -2.13. The lowest BCUT2D eigenvalue weighted by Gasteiger charge is -2.17. The van der Waals surface area contributed by atoms with E-state index in [-0.39, 0.29) is 17.2 Å². The summed E-state index contributed by atoms with van der Waals surface area (Å²) in [4.78, 5) is 0. The van der Waals surface area contributed by atoms with Crippen molar-refractivity contribution in [1.82, 2.24) is 0 Å². The molecule has 16 heavy (non-hydrogen) atoms. The fourth-order valence-electron chi connectivity index (χ4n) is 1.36. The molecule has 0 aliphatic heterocycles. The van der Waals surface area contributed by atoms with Crippen molar-refractivity contribution in [2.45, 2.75) is 19.1 Å². The summed E-state index contributed by atoms with van der Waals surface area (Å²) in [5, 5.41) is 28.6. The van der Waals surface area contributed by atoms with Gasteiger partial charge in [-0.1, -0.05) is 0 Å². The third-order valence-corrected chi connectivity index (χ3v) is 2.30. The Hall–Kier alpha value is -1.46. The standard InChI is InChI=1S/C11H16O5/c1-6(12)10(13)7-4-8(15-2)11(14)9(5-7)16-3/h4-6,10,12-14H,1-3H3/t6-,10+/m0/s1.